The molecular weight excluding hydrogens is 513 g/mol. The van der Waals surface area contributed by atoms with Crippen LogP contribution in [-0.4, -0.2) is 46.9 Å². The Morgan fingerprint density at radius 3 is 2.61 bits per heavy atom. The summed E-state index contributed by atoms with van der Waals surface area (Å²) in [6.45, 7) is 0.181. The van der Waals surface area contributed by atoms with E-state index in [0.717, 1.165) is 12.8 Å². The van der Waals surface area contributed by atoms with Crippen LogP contribution in [0.4, 0.5) is 4.39 Å². The quantitative estimate of drug-likeness (QED) is 0.358. The number of rotatable bonds is 7. The number of halogens is 2. The third kappa shape index (κ3) is 4.49. The number of carbonyl (C=O) groups is 1. The molecule has 1 amide bonds. The van der Waals surface area contributed by atoms with Gasteiger partial charge in [-0.3, -0.25) is 9.78 Å². The maximum absolute atomic E-state index is 15.7. The number of hydrogen-bond donors (Lipinski definition) is 4. The molecule has 5 rings (SSSR count). The molecule has 2 aliphatic rings. The Morgan fingerprint density at radius 1 is 1.18 bits per heavy atom. The van der Waals surface area contributed by atoms with Gasteiger partial charge < -0.3 is 30.7 Å². The van der Waals surface area contributed by atoms with Gasteiger partial charge in [0.2, 0.25) is 5.91 Å². The Kier molecular flexibility index (Phi) is 7.28. The standard InChI is InChI=1S/C28H29ClFN3O5/c1-37-20-11-9-17(27(31)36)22(25(20)30)23-18(29)10-12-19-24(23)26(35)28(38-19,21-4-2-3-13-32-21)14-33-15-5-7-16(34)8-6-15/h2-4,9-13,15-16,26,33-35H,5-8,14H2,1H3,(H2,31,36)/t15?,16?,26-,28+/m0/s1. The van der Waals surface area contributed by atoms with Crippen molar-refractivity contribution in [3.63, 3.8) is 0 Å². The molecule has 8 nitrogen and oxygen atoms in total. The Morgan fingerprint density at radius 2 is 1.95 bits per heavy atom. The minimum atomic E-state index is -1.37. The van der Waals surface area contributed by atoms with Gasteiger partial charge in [0.1, 0.15) is 11.9 Å². The number of amides is 1. The van der Waals surface area contributed by atoms with Crippen LogP contribution in [0.1, 0.15) is 53.4 Å². The largest absolute Gasteiger partial charge is 0.494 e. The predicted molar refractivity (Wildman–Crippen MR) is 140 cm³/mol. The number of fused-ring (bicyclic) bond motifs is 1. The molecule has 1 saturated carbocycles. The minimum absolute atomic E-state index is 0.0976. The summed E-state index contributed by atoms with van der Waals surface area (Å²) in [7, 11) is 1.31. The molecule has 1 fully saturated rings. The molecule has 0 radical (unpaired) electrons. The second-order valence-electron chi connectivity index (χ2n) is 9.70. The third-order valence-electron chi connectivity index (χ3n) is 7.45. The highest BCUT2D eigenvalue weighted by molar-refractivity contribution is 6.34. The molecule has 2 atom stereocenters. The van der Waals surface area contributed by atoms with E-state index in [2.05, 4.69) is 10.3 Å². The van der Waals surface area contributed by atoms with Crippen LogP contribution in [0, 0.1) is 5.82 Å². The van der Waals surface area contributed by atoms with Gasteiger partial charge in [-0.15, -0.1) is 0 Å². The van der Waals surface area contributed by atoms with Gasteiger partial charge in [0, 0.05) is 40.5 Å². The lowest BCUT2D eigenvalue weighted by Gasteiger charge is -2.35. The molecule has 5 N–H and O–H groups in total. The van der Waals surface area contributed by atoms with E-state index in [0.29, 0.717) is 18.5 Å². The Balaban J connectivity index is 1.64. The third-order valence-corrected chi connectivity index (χ3v) is 7.77. The van der Waals surface area contributed by atoms with E-state index in [1.54, 1.807) is 30.5 Å². The Hall–Kier alpha value is -3.24. The lowest BCUT2D eigenvalue weighted by Crippen LogP contribution is -2.49. The molecule has 0 unspecified atom stereocenters. The number of hydrogen-bond acceptors (Lipinski definition) is 7. The van der Waals surface area contributed by atoms with Gasteiger partial charge in [-0.2, -0.15) is 0 Å². The van der Waals surface area contributed by atoms with Crippen molar-refractivity contribution in [3.05, 3.63) is 76.3 Å². The summed E-state index contributed by atoms with van der Waals surface area (Å²) in [6.07, 6.45) is 2.87. The molecule has 0 saturated heterocycles. The second kappa shape index (κ2) is 10.5. The van der Waals surface area contributed by atoms with Gasteiger partial charge in [-0.1, -0.05) is 17.7 Å². The highest BCUT2D eigenvalue weighted by atomic mass is 35.5. The first kappa shape index (κ1) is 26.4. The SMILES string of the molecule is COc1ccc(C(N)=O)c(-c2c(Cl)ccc3c2[C@H](O)[C@@](CNC2CCC(O)CC2)(c2ccccn2)O3)c1F. The Labute approximate surface area is 224 Å². The zero-order chi connectivity index (χ0) is 27.0. The molecule has 1 aromatic heterocycles. The van der Waals surface area contributed by atoms with Crippen LogP contribution in [0.15, 0.2) is 48.7 Å². The Bertz CT molecular complexity index is 1350. The van der Waals surface area contributed by atoms with Crippen molar-refractivity contribution >= 4 is 17.5 Å². The predicted octanol–water partition coefficient (Wildman–Crippen LogP) is 3.86. The molecule has 0 bridgehead atoms. The van der Waals surface area contributed by atoms with Gasteiger partial charge in [-0.05, 0) is 62.1 Å². The highest BCUT2D eigenvalue weighted by Crippen LogP contribution is 2.54. The van der Waals surface area contributed by atoms with Crippen LogP contribution in [0.3, 0.4) is 0 Å². The molecule has 200 valence electrons. The molecular formula is C28H29ClFN3O5. The van der Waals surface area contributed by atoms with E-state index >= 15 is 4.39 Å². The number of carbonyl (C=O) groups excluding carboxylic acids is 1. The van der Waals surface area contributed by atoms with E-state index in [9.17, 15) is 15.0 Å². The van der Waals surface area contributed by atoms with Crippen LogP contribution < -0.4 is 20.5 Å². The molecule has 2 heterocycles. The maximum Gasteiger partial charge on any atom is 0.249 e. The summed E-state index contributed by atoms with van der Waals surface area (Å²) in [5.41, 5.74) is 4.73. The first-order valence-corrected chi connectivity index (χ1v) is 12.8. The molecule has 38 heavy (non-hydrogen) atoms. The number of aliphatic hydroxyl groups excluding tert-OH is 2. The van der Waals surface area contributed by atoms with E-state index < -0.39 is 23.4 Å². The van der Waals surface area contributed by atoms with Crippen LogP contribution in [0.2, 0.25) is 5.02 Å². The van der Waals surface area contributed by atoms with Crippen molar-refractivity contribution < 1.29 is 28.9 Å². The van der Waals surface area contributed by atoms with Crippen molar-refractivity contribution in [2.24, 2.45) is 5.73 Å². The van der Waals surface area contributed by atoms with E-state index in [4.69, 9.17) is 26.8 Å². The van der Waals surface area contributed by atoms with Crippen molar-refractivity contribution in [2.75, 3.05) is 13.7 Å². The van der Waals surface area contributed by atoms with Gasteiger partial charge in [-0.25, -0.2) is 4.39 Å². The van der Waals surface area contributed by atoms with E-state index in [1.165, 1.54) is 25.3 Å². The van der Waals surface area contributed by atoms with Crippen molar-refractivity contribution in [1.29, 1.82) is 0 Å². The molecule has 1 aliphatic carbocycles. The van der Waals surface area contributed by atoms with Gasteiger partial charge in [0.05, 0.1) is 24.5 Å². The number of aromatic nitrogens is 1. The first-order chi connectivity index (χ1) is 18.3. The zero-order valence-corrected chi connectivity index (χ0v) is 21.5. The van der Waals surface area contributed by atoms with Crippen LogP contribution in [-0.2, 0) is 5.60 Å². The number of nitrogens with zero attached hydrogens (tertiary/aromatic N) is 1. The number of ether oxygens (including phenoxy) is 2. The number of primary amides is 1. The number of pyridine rings is 1. The van der Waals surface area contributed by atoms with Gasteiger partial charge >= 0.3 is 0 Å². The van der Waals surface area contributed by atoms with Crippen LogP contribution >= 0.6 is 11.6 Å². The van der Waals surface area contributed by atoms with Crippen molar-refractivity contribution in [3.8, 4) is 22.6 Å². The van der Waals surface area contributed by atoms with E-state index in [-0.39, 0.29) is 57.5 Å². The fourth-order valence-corrected chi connectivity index (χ4v) is 5.70. The average molecular weight is 542 g/mol. The topological polar surface area (TPSA) is 127 Å². The first-order valence-electron chi connectivity index (χ1n) is 12.5. The number of nitrogens with one attached hydrogen (secondary N) is 1. The van der Waals surface area contributed by atoms with Gasteiger partial charge in [0.15, 0.2) is 17.2 Å². The fourth-order valence-electron chi connectivity index (χ4n) is 5.44. The van der Waals surface area contributed by atoms with Crippen LogP contribution in [0.25, 0.3) is 11.1 Å². The highest BCUT2D eigenvalue weighted by Gasteiger charge is 2.52. The lowest BCUT2D eigenvalue weighted by atomic mass is 9.84. The molecule has 0 spiro atoms. The van der Waals surface area contributed by atoms with Crippen molar-refractivity contribution in [1.82, 2.24) is 10.3 Å². The van der Waals surface area contributed by atoms with Crippen molar-refractivity contribution in [2.45, 2.75) is 49.5 Å². The molecule has 2 aromatic carbocycles. The number of methoxy groups -OCH3 is 1. The van der Waals surface area contributed by atoms with Crippen LogP contribution in [0.5, 0.6) is 11.5 Å². The normalized spacial score (nSPS) is 24.5. The van der Waals surface area contributed by atoms with Gasteiger partial charge in [0.25, 0.3) is 0 Å². The summed E-state index contributed by atoms with van der Waals surface area (Å²) in [6, 6.07) is 11.2. The number of benzene rings is 2. The fraction of sp³-hybridized carbons (Fsp3) is 0.357. The monoisotopic (exact) mass is 541 g/mol. The lowest BCUT2D eigenvalue weighted by molar-refractivity contribution is -0.0378. The summed E-state index contributed by atoms with van der Waals surface area (Å²) in [5.74, 6) is -1.52. The zero-order valence-electron chi connectivity index (χ0n) is 20.8. The van der Waals surface area contributed by atoms with E-state index in [1.807, 2.05) is 0 Å². The smallest absolute Gasteiger partial charge is 0.249 e. The summed E-state index contributed by atoms with van der Waals surface area (Å²) in [4.78, 5) is 16.8. The minimum Gasteiger partial charge on any atom is -0.494 e. The summed E-state index contributed by atoms with van der Waals surface area (Å²) in [5, 5.41) is 25.4. The summed E-state index contributed by atoms with van der Waals surface area (Å²) < 4.78 is 27.3. The molecule has 1 aliphatic heterocycles. The number of nitrogens with two attached hydrogens (primary N) is 1. The average Bonchev–Trinajstić information content (AvgIpc) is 3.21. The second-order valence-corrected chi connectivity index (χ2v) is 10.1. The number of aliphatic hydroxyl groups is 2. The molecule has 3 aromatic rings. The maximum atomic E-state index is 15.7. The molecule has 10 heteroatoms. The summed E-state index contributed by atoms with van der Waals surface area (Å²) >= 11 is 6.62.